The van der Waals surface area contributed by atoms with E-state index in [4.69, 9.17) is 4.74 Å². The van der Waals surface area contributed by atoms with Crippen LogP contribution < -0.4 is 16.0 Å². The molecule has 1 aliphatic heterocycles. The van der Waals surface area contributed by atoms with Crippen LogP contribution in [0.15, 0.2) is 0 Å². The van der Waals surface area contributed by atoms with Gasteiger partial charge in [-0.05, 0) is 20.3 Å². The maximum atomic E-state index is 11.9. The molecular weight excluding hydrogens is 234 g/mol. The summed E-state index contributed by atoms with van der Waals surface area (Å²) >= 11 is 0. The summed E-state index contributed by atoms with van der Waals surface area (Å²) in [5.41, 5.74) is -0.607. The highest BCUT2D eigenvalue weighted by molar-refractivity contribution is 5.85. The molecule has 2 amide bonds. The van der Waals surface area contributed by atoms with E-state index < -0.39 is 5.41 Å². The maximum absolute atomic E-state index is 11.9. The molecule has 2 unspecified atom stereocenters. The molecular formula is C12H23N3O3. The Balaban J connectivity index is 2.40. The summed E-state index contributed by atoms with van der Waals surface area (Å²) < 4.78 is 5.19. The highest BCUT2D eigenvalue weighted by Crippen LogP contribution is 2.14. The molecule has 104 valence electrons. The lowest BCUT2D eigenvalue weighted by molar-refractivity contribution is -0.129. The van der Waals surface area contributed by atoms with E-state index in [2.05, 4.69) is 16.0 Å². The highest BCUT2D eigenvalue weighted by Gasteiger charge is 2.32. The van der Waals surface area contributed by atoms with Crippen LogP contribution in [0.2, 0.25) is 0 Å². The fourth-order valence-electron chi connectivity index (χ4n) is 1.93. The van der Waals surface area contributed by atoms with Crippen LogP contribution in [0.1, 0.15) is 20.3 Å². The molecule has 18 heavy (non-hydrogen) atoms. The van der Waals surface area contributed by atoms with Crippen molar-refractivity contribution in [2.45, 2.75) is 32.4 Å². The van der Waals surface area contributed by atoms with E-state index in [9.17, 15) is 9.59 Å². The number of hydrogen-bond acceptors (Lipinski definition) is 4. The molecule has 3 N–H and O–H groups in total. The molecule has 1 heterocycles. The van der Waals surface area contributed by atoms with Crippen molar-refractivity contribution < 1.29 is 14.3 Å². The van der Waals surface area contributed by atoms with Gasteiger partial charge in [-0.25, -0.2) is 0 Å². The van der Waals surface area contributed by atoms with Gasteiger partial charge in [0.15, 0.2) is 0 Å². The van der Waals surface area contributed by atoms with E-state index >= 15 is 0 Å². The van der Waals surface area contributed by atoms with Gasteiger partial charge in [-0.3, -0.25) is 9.59 Å². The topological polar surface area (TPSA) is 79.5 Å². The zero-order valence-corrected chi connectivity index (χ0v) is 11.5. The largest absolute Gasteiger partial charge is 0.380 e. The van der Waals surface area contributed by atoms with Crippen molar-refractivity contribution in [2.24, 2.45) is 5.41 Å². The summed E-state index contributed by atoms with van der Waals surface area (Å²) in [5.74, 6) is -0.163. The van der Waals surface area contributed by atoms with E-state index in [1.54, 1.807) is 28.0 Å². The number of nitrogens with one attached hydrogen (secondary N) is 3. The lowest BCUT2D eigenvalue weighted by Gasteiger charge is -2.23. The van der Waals surface area contributed by atoms with Crippen LogP contribution in [-0.2, 0) is 14.3 Å². The summed E-state index contributed by atoms with van der Waals surface area (Å²) in [7, 11) is 3.23. The van der Waals surface area contributed by atoms with Crippen LogP contribution in [0.5, 0.6) is 0 Å². The van der Waals surface area contributed by atoms with Crippen molar-refractivity contribution in [2.75, 3.05) is 27.2 Å². The molecule has 1 fully saturated rings. The van der Waals surface area contributed by atoms with Crippen molar-refractivity contribution in [3.05, 3.63) is 0 Å². The number of carbonyl (C=O) groups is 2. The average molecular weight is 257 g/mol. The van der Waals surface area contributed by atoms with Gasteiger partial charge in [0.1, 0.15) is 0 Å². The van der Waals surface area contributed by atoms with E-state index in [0.29, 0.717) is 19.5 Å². The number of amides is 2. The third kappa shape index (κ3) is 3.68. The van der Waals surface area contributed by atoms with E-state index in [1.165, 1.54) is 0 Å². The van der Waals surface area contributed by atoms with E-state index in [-0.39, 0.29) is 24.0 Å². The minimum absolute atomic E-state index is 0.0773. The SMILES string of the molecule is CNC(=O)C(C)(C)CNC(=O)C1CC(OC)CN1. The Kier molecular flexibility index (Phi) is 5.10. The summed E-state index contributed by atoms with van der Waals surface area (Å²) in [6.45, 7) is 4.60. The number of carbonyl (C=O) groups excluding carboxylic acids is 2. The van der Waals surface area contributed by atoms with Gasteiger partial charge >= 0.3 is 0 Å². The standard InChI is InChI=1S/C12H23N3O3/c1-12(2,11(17)13-3)7-15-10(16)9-5-8(18-4)6-14-9/h8-9,14H,5-7H2,1-4H3,(H,13,17)(H,15,16). The van der Waals surface area contributed by atoms with Crippen LogP contribution in [0.25, 0.3) is 0 Å². The van der Waals surface area contributed by atoms with Gasteiger partial charge in [-0.15, -0.1) is 0 Å². The Hall–Kier alpha value is -1.14. The van der Waals surface area contributed by atoms with Gasteiger partial charge in [0.05, 0.1) is 17.6 Å². The second-order valence-electron chi connectivity index (χ2n) is 5.24. The second kappa shape index (κ2) is 6.15. The van der Waals surface area contributed by atoms with Crippen LogP contribution in [0.4, 0.5) is 0 Å². The third-order valence-electron chi connectivity index (χ3n) is 3.29. The average Bonchev–Trinajstić information content (AvgIpc) is 2.83. The van der Waals surface area contributed by atoms with Crippen molar-refractivity contribution in [3.8, 4) is 0 Å². The molecule has 1 rings (SSSR count). The molecule has 6 nitrogen and oxygen atoms in total. The quantitative estimate of drug-likeness (QED) is 0.605. The highest BCUT2D eigenvalue weighted by atomic mass is 16.5. The third-order valence-corrected chi connectivity index (χ3v) is 3.29. The first kappa shape index (κ1) is 14.9. The number of methoxy groups -OCH3 is 1. The Labute approximate surface area is 108 Å². The molecule has 0 aromatic heterocycles. The molecule has 0 aromatic carbocycles. The first-order valence-electron chi connectivity index (χ1n) is 6.16. The molecule has 0 aromatic rings. The summed E-state index contributed by atoms with van der Waals surface area (Å²) in [6.07, 6.45) is 0.760. The predicted molar refractivity (Wildman–Crippen MR) is 68.1 cm³/mol. The van der Waals surface area contributed by atoms with Crippen LogP contribution in [-0.4, -0.2) is 51.2 Å². The first-order valence-corrected chi connectivity index (χ1v) is 6.16. The first-order chi connectivity index (χ1) is 8.40. The van der Waals surface area contributed by atoms with Crippen molar-refractivity contribution >= 4 is 11.8 Å². The van der Waals surface area contributed by atoms with Gasteiger partial charge in [-0.2, -0.15) is 0 Å². The van der Waals surface area contributed by atoms with Crippen LogP contribution in [0.3, 0.4) is 0 Å². The molecule has 0 spiro atoms. The van der Waals surface area contributed by atoms with E-state index in [1.807, 2.05) is 0 Å². The molecule has 0 radical (unpaired) electrons. The van der Waals surface area contributed by atoms with Gasteiger partial charge < -0.3 is 20.7 Å². The van der Waals surface area contributed by atoms with Crippen molar-refractivity contribution in [1.29, 1.82) is 0 Å². The van der Waals surface area contributed by atoms with Crippen LogP contribution >= 0.6 is 0 Å². The van der Waals surface area contributed by atoms with Gasteiger partial charge in [0.2, 0.25) is 11.8 Å². The minimum atomic E-state index is -0.607. The molecule has 1 saturated heterocycles. The Morgan fingerprint density at radius 2 is 2.11 bits per heavy atom. The predicted octanol–water partition coefficient (Wildman–Crippen LogP) is -0.748. The monoisotopic (exact) mass is 257 g/mol. The Morgan fingerprint density at radius 3 is 2.61 bits per heavy atom. The fourth-order valence-corrected chi connectivity index (χ4v) is 1.93. The summed E-state index contributed by atoms with van der Waals surface area (Å²) in [5, 5.41) is 8.50. The molecule has 0 saturated carbocycles. The molecule has 0 bridgehead atoms. The van der Waals surface area contributed by atoms with Gasteiger partial charge in [0.25, 0.3) is 0 Å². The fraction of sp³-hybridized carbons (Fsp3) is 0.833. The lowest BCUT2D eigenvalue weighted by atomic mass is 9.92. The Bertz CT molecular complexity index is 318. The van der Waals surface area contributed by atoms with Crippen LogP contribution in [0, 0.1) is 5.41 Å². The number of hydrogen-bond donors (Lipinski definition) is 3. The Morgan fingerprint density at radius 1 is 1.44 bits per heavy atom. The smallest absolute Gasteiger partial charge is 0.237 e. The van der Waals surface area contributed by atoms with E-state index in [0.717, 1.165) is 0 Å². The molecule has 6 heteroatoms. The summed E-state index contributed by atoms with van der Waals surface area (Å²) in [6, 6.07) is -0.226. The zero-order chi connectivity index (χ0) is 13.8. The number of ether oxygens (including phenoxy) is 1. The molecule has 0 aliphatic carbocycles. The number of rotatable bonds is 5. The van der Waals surface area contributed by atoms with Gasteiger partial charge in [0, 0.05) is 27.2 Å². The zero-order valence-electron chi connectivity index (χ0n) is 11.5. The summed E-state index contributed by atoms with van der Waals surface area (Å²) in [4.78, 5) is 23.5. The maximum Gasteiger partial charge on any atom is 0.237 e. The molecule has 2 atom stereocenters. The van der Waals surface area contributed by atoms with Gasteiger partial charge in [-0.1, -0.05) is 0 Å². The van der Waals surface area contributed by atoms with Crippen molar-refractivity contribution in [3.63, 3.8) is 0 Å². The molecule has 1 aliphatic rings. The second-order valence-corrected chi connectivity index (χ2v) is 5.24. The van der Waals surface area contributed by atoms with Crippen molar-refractivity contribution in [1.82, 2.24) is 16.0 Å². The minimum Gasteiger partial charge on any atom is -0.380 e. The lowest BCUT2D eigenvalue weighted by Crippen LogP contribution is -2.48. The normalized spacial score (nSPS) is 23.8.